The van der Waals surface area contributed by atoms with Crippen molar-refractivity contribution in [1.29, 1.82) is 0 Å². The Morgan fingerprint density at radius 1 is 1.46 bits per heavy atom. The van der Waals surface area contributed by atoms with Crippen LogP contribution in [0.1, 0.15) is 26.2 Å². The Morgan fingerprint density at radius 2 is 2.15 bits per heavy atom. The Balaban J connectivity index is 2.22. The van der Waals surface area contributed by atoms with Gasteiger partial charge in [-0.05, 0) is 25.8 Å². The minimum Gasteiger partial charge on any atom is -0.383 e. The van der Waals surface area contributed by atoms with Crippen LogP contribution in [0.25, 0.3) is 0 Å². The van der Waals surface area contributed by atoms with Crippen LogP contribution in [0, 0.1) is 0 Å². The van der Waals surface area contributed by atoms with E-state index < -0.39 is 0 Å². The van der Waals surface area contributed by atoms with Crippen molar-refractivity contribution in [1.82, 2.24) is 4.90 Å². The smallest absolute Gasteiger partial charge is 0.0589 e. The Labute approximate surface area is 81.2 Å². The Hall–Kier alpha value is -0.120. The average molecular weight is 186 g/mol. The maximum atomic E-state index is 6.17. The fourth-order valence-corrected chi connectivity index (χ4v) is 1.80. The molecule has 0 amide bonds. The molecule has 0 bridgehead atoms. The van der Waals surface area contributed by atoms with E-state index in [1.807, 2.05) is 0 Å². The van der Waals surface area contributed by atoms with Crippen LogP contribution in [0.4, 0.5) is 0 Å². The zero-order chi connectivity index (χ0) is 9.73. The molecule has 0 aromatic heterocycles. The van der Waals surface area contributed by atoms with E-state index >= 15 is 0 Å². The lowest BCUT2D eigenvalue weighted by Gasteiger charge is -2.41. The lowest BCUT2D eigenvalue weighted by Crippen LogP contribution is -2.55. The van der Waals surface area contributed by atoms with Gasteiger partial charge in [-0.25, -0.2) is 0 Å². The number of hydrogen-bond acceptors (Lipinski definition) is 3. The van der Waals surface area contributed by atoms with E-state index in [0.717, 1.165) is 26.2 Å². The second-order valence-corrected chi connectivity index (χ2v) is 4.08. The topological polar surface area (TPSA) is 38.5 Å². The molecule has 0 saturated heterocycles. The van der Waals surface area contributed by atoms with Gasteiger partial charge >= 0.3 is 0 Å². The van der Waals surface area contributed by atoms with Crippen molar-refractivity contribution < 1.29 is 4.74 Å². The van der Waals surface area contributed by atoms with E-state index in [2.05, 4.69) is 11.8 Å². The van der Waals surface area contributed by atoms with Crippen LogP contribution in [0.2, 0.25) is 0 Å². The molecule has 78 valence electrons. The molecule has 0 unspecified atom stereocenters. The van der Waals surface area contributed by atoms with Crippen LogP contribution in [-0.4, -0.2) is 43.8 Å². The van der Waals surface area contributed by atoms with Crippen LogP contribution in [0.5, 0.6) is 0 Å². The first-order valence-corrected chi connectivity index (χ1v) is 5.20. The molecule has 0 radical (unpaired) electrons. The molecule has 0 spiro atoms. The summed E-state index contributed by atoms with van der Waals surface area (Å²) >= 11 is 0. The molecule has 0 aromatic rings. The zero-order valence-corrected chi connectivity index (χ0v) is 8.88. The number of nitrogens with zero attached hydrogens (tertiary/aromatic N) is 1. The lowest BCUT2D eigenvalue weighted by molar-refractivity contribution is 0.109. The normalized spacial score (nSPS) is 20.3. The van der Waals surface area contributed by atoms with E-state index in [1.54, 1.807) is 7.11 Å². The molecule has 1 rings (SSSR count). The van der Waals surface area contributed by atoms with Gasteiger partial charge in [-0.3, -0.25) is 4.90 Å². The van der Waals surface area contributed by atoms with Crippen LogP contribution in [-0.2, 0) is 4.74 Å². The monoisotopic (exact) mass is 186 g/mol. The second kappa shape index (κ2) is 4.94. The molecule has 3 heteroatoms. The predicted molar refractivity (Wildman–Crippen MR) is 54.8 cm³/mol. The van der Waals surface area contributed by atoms with E-state index in [-0.39, 0.29) is 5.54 Å². The van der Waals surface area contributed by atoms with E-state index in [0.29, 0.717) is 0 Å². The maximum Gasteiger partial charge on any atom is 0.0589 e. The van der Waals surface area contributed by atoms with Crippen LogP contribution >= 0.6 is 0 Å². The lowest BCUT2D eigenvalue weighted by atomic mass is 9.77. The molecule has 1 aliphatic rings. The van der Waals surface area contributed by atoms with E-state index in [9.17, 15) is 0 Å². The van der Waals surface area contributed by atoms with Crippen molar-refractivity contribution in [3.63, 3.8) is 0 Å². The first-order valence-electron chi connectivity index (χ1n) is 5.20. The van der Waals surface area contributed by atoms with Gasteiger partial charge in [0.25, 0.3) is 0 Å². The summed E-state index contributed by atoms with van der Waals surface area (Å²) in [6.45, 7) is 6.10. The standard InChI is InChI=1S/C10H22N2O/c1-3-12(7-8-13-2)9-10(11)5-4-6-10/h3-9,11H2,1-2H3. The number of hydrogen-bond donors (Lipinski definition) is 1. The second-order valence-electron chi connectivity index (χ2n) is 4.08. The minimum atomic E-state index is 0.115. The van der Waals surface area contributed by atoms with Gasteiger partial charge in [-0.2, -0.15) is 0 Å². The van der Waals surface area contributed by atoms with Crippen molar-refractivity contribution >= 4 is 0 Å². The average Bonchev–Trinajstić information content (AvgIpc) is 2.09. The van der Waals surface area contributed by atoms with Crippen LogP contribution < -0.4 is 5.73 Å². The zero-order valence-electron chi connectivity index (χ0n) is 8.88. The number of ether oxygens (including phenoxy) is 1. The van der Waals surface area contributed by atoms with Crippen molar-refractivity contribution in [2.24, 2.45) is 5.73 Å². The van der Waals surface area contributed by atoms with Crippen molar-refractivity contribution in [2.45, 2.75) is 31.7 Å². The first kappa shape index (κ1) is 11.0. The van der Waals surface area contributed by atoms with Gasteiger partial charge in [0.15, 0.2) is 0 Å². The minimum absolute atomic E-state index is 0.115. The number of rotatable bonds is 6. The summed E-state index contributed by atoms with van der Waals surface area (Å²) in [5.41, 5.74) is 6.28. The molecule has 13 heavy (non-hydrogen) atoms. The summed E-state index contributed by atoms with van der Waals surface area (Å²) in [5.74, 6) is 0. The summed E-state index contributed by atoms with van der Waals surface area (Å²) in [5, 5.41) is 0. The Bertz CT molecular complexity index is 146. The molecule has 1 fully saturated rings. The summed E-state index contributed by atoms with van der Waals surface area (Å²) in [4.78, 5) is 2.38. The van der Waals surface area contributed by atoms with Crippen LogP contribution in [0.15, 0.2) is 0 Å². The Morgan fingerprint density at radius 3 is 2.54 bits per heavy atom. The molecule has 1 saturated carbocycles. The van der Waals surface area contributed by atoms with Gasteiger partial charge in [-0.15, -0.1) is 0 Å². The summed E-state index contributed by atoms with van der Waals surface area (Å²) in [6, 6.07) is 0. The number of methoxy groups -OCH3 is 1. The van der Waals surface area contributed by atoms with E-state index in [4.69, 9.17) is 10.5 Å². The predicted octanol–water partition coefficient (Wildman–Crippen LogP) is 0.836. The maximum absolute atomic E-state index is 6.17. The highest BCUT2D eigenvalue weighted by atomic mass is 16.5. The molecular formula is C10H22N2O. The third-order valence-electron chi connectivity index (χ3n) is 2.95. The van der Waals surface area contributed by atoms with Crippen molar-refractivity contribution in [3.8, 4) is 0 Å². The molecular weight excluding hydrogens is 164 g/mol. The molecule has 2 N–H and O–H groups in total. The van der Waals surface area contributed by atoms with Gasteiger partial charge in [0.1, 0.15) is 0 Å². The quantitative estimate of drug-likeness (QED) is 0.668. The molecule has 0 aliphatic heterocycles. The number of likely N-dealkylation sites (N-methyl/N-ethyl adjacent to an activating group) is 1. The summed E-state index contributed by atoms with van der Waals surface area (Å²) in [6.07, 6.45) is 3.69. The molecule has 0 heterocycles. The van der Waals surface area contributed by atoms with Gasteiger partial charge in [0.05, 0.1) is 6.61 Å². The highest BCUT2D eigenvalue weighted by molar-refractivity contribution is 4.94. The van der Waals surface area contributed by atoms with Crippen molar-refractivity contribution in [3.05, 3.63) is 0 Å². The van der Waals surface area contributed by atoms with Gasteiger partial charge in [0.2, 0.25) is 0 Å². The van der Waals surface area contributed by atoms with E-state index in [1.165, 1.54) is 19.3 Å². The number of nitrogens with two attached hydrogens (primary N) is 1. The fourth-order valence-electron chi connectivity index (χ4n) is 1.80. The molecule has 1 aliphatic carbocycles. The third kappa shape index (κ3) is 3.25. The third-order valence-corrected chi connectivity index (χ3v) is 2.95. The highest BCUT2D eigenvalue weighted by Crippen LogP contribution is 2.29. The van der Waals surface area contributed by atoms with Gasteiger partial charge in [0, 0.05) is 25.7 Å². The largest absolute Gasteiger partial charge is 0.383 e. The fraction of sp³-hybridized carbons (Fsp3) is 1.00. The SMILES string of the molecule is CCN(CCOC)CC1(N)CCC1. The summed E-state index contributed by atoms with van der Waals surface area (Å²) < 4.78 is 5.06. The van der Waals surface area contributed by atoms with Gasteiger partial charge in [-0.1, -0.05) is 6.92 Å². The molecule has 0 atom stereocenters. The Kier molecular flexibility index (Phi) is 4.16. The molecule has 3 nitrogen and oxygen atoms in total. The van der Waals surface area contributed by atoms with Gasteiger partial charge < -0.3 is 10.5 Å². The summed E-state index contributed by atoms with van der Waals surface area (Å²) in [7, 11) is 1.75. The highest BCUT2D eigenvalue weighted by Gasteiger charge is 2.33. The van der Waals surface area contributed by atoms with Crippen molar-refractivity contribution in [2.75, 3.05) is 33.4 Å². The molecule has 0 aromatic carbocycles. The van der Waals surface area contributed by atoms with Crippen LogP contribution in [0.3, 0.4) is 0 Å². The first-order chi connectivity index (χ1) is 6.20.